The third-order valence-corrected chi connectivity index (χ3v) is 4.66. The molecule has 0 aliphatic carbocycles. The number of nitrogens with one attached hydrogen (secondary N) is 2. The van der Waals surface area contributed by atoms with Gasteiger partial charge in [-0.25, -0.2) is 9.59 Å². The van der Waals surface area contributed by atoms with Crippen molar-refractivity contribution in [2.45, 2.75) is 13.0 Å². The Morgan fingerprint density at radius 2 is 1.87 bits per heavy atom. The minimum Gasteiger partial charge on any atom is -0.452 e. The second kappa shape index (κ2) is 9.89. The number of rotatable bonds is 8. The van der Waals surface area contributed by atoms with Gasteiger partial charge in [0.25, 0.3) is 5.91 Å². The first-order valence-electron chi connectivity index (χ1n) is 9.28. The largest absolute Gasteiger partial charge is 0.452 e. The van der Waals surface area contributed by atoms with Crippen molar-refractivity contribution in [2.75, 3.05) is 19.7 Å². The minimum atomic E-state index is -0.637. The maximum absolute atomic E-state index is 12.1. The van der Waals surface area contributed by atoms with Gasteiger partial charge in [-0.15, -0.1) is 0 Å². The van der Waals surface area contributed by atoms with E-state index >= 15 is 0 Å². The highest BCUT2D eigenvalue weighted by molar-refractivity contribution is 6.30. The third kappa shape index (κ3) is 5.81. The highest BCUT2D eigenvalue weighted by Crippen LogP contribution is 2.12. The SMILES string of the molecule is O=C(COC(=O)c1ccc(CN2C(=O)CNC2=O)cc1)NCCc1cccc(Cl)c1. The molecule has 0 unspecified atom stereocenters. The Hall–Kier alpha value is -3.39. The molecule has 1 heterocycles. The Kier molecular flexibility index (Phi) is 7.03. The molecule has 4 amide bonds. The normalized spacial score (nSPS) is 13.2. The summed E-state index contributed by atoms with van der Waals surface area (Å²) in [5.41, 5.74) is 1.95. The van der Waals surface area contributed by atoms with E-state index in [1.807, 2.05) is 18.2 Å². The molecule has 1 fully saturated rings. The number of halogens is 1. The van der Waals surface area contributed by atoms with E-state index in [2.05, 4.69) is 10.6 Å². The van der Waals surface area contributed by atoms with Crippen LogP contribution in [-0.4, -0.2) is 48.4 Å². The molecule has 30 heavy (non-hydrogen) atoms. The Balaban J connectivity index is 1.41. The maximum atomic E-state index is 12.1. The second-order valence-electron chi connectivity index (χ2n) is 6.64. The molecule has 0 radical (unpaired) electrons. The average Bonchev–Trinajstić information content (AvgIpc) is 3.04. The Bertz CT molecular complexity index is 945. The van der Waals surface area contributed by atoms with Crippen molar-refractivity contribution in [2.24, 2.45) is 0 Å². The van der Waals surface area contributed by atoms with Gasteiger partial charge >= 0.3 is 12.0 Å². The number of urea groups is 1. The van der Waals surface area contributed by atoms with Gasteiger partial charge in [-0.3, -0.25) is 14.5 Å². The molecule has 0 bridgehead atoms. The summed E-state index contributed by atoms with van der Waals surface area (Å²) >= 11 is 5.91. The summed E-state index contributed by atoms with van der Waals surface area (Å²) in [6.07, 6.45) is 0.610. The first-order valence-corrected chi connectivity index (χ1v) is 9.65. The fraction of sp³-hybridized carbons (Fsp3) is 0.238. The van der Waals surface area contributed by atoms with E-state index in [0.29, 0.717) is 23.6 Å². The van der Waals surface area contributed by atoms with E-state index in [9.17, 15) is 19.2 Å². The highest BCUT2D eigenvalue weighted by Gasteiger charge is 2.28. The standard InChI is InChI=1S/C21H20ClN3O5/c22-17-3-1-2-14(10-17)8-9-23-18(26)13-30-20(28)16-6-4-15(5-7-16)12-25-19(27)11-24-21(25)29/h1-7,10H,8-9,11-13H2,(H,23,26)(H,24,29). The van der Waals surface area contributed by atoms with Gasteiger partial charge in [-0.05, 0) is 41.8 Å². The van der Waals surface area contributed by atoms with E-state index in [0.717, 1.165) is 10.5 Å². The number of amides is 4. The van der Waals surface area contributed by atoms with Crippen LogP contribution >= 0.6 is 11.6 Å². The van der Waals surface area contributed by atoms with Crippen LogP contribution in [0.3, 0.4) is 0 Å². The van der Waals surface area contributed by atoms with Crippen LogP contribution in [0.1, 0.15) is 21.5 Å². The van der Waals surface area contributed by atoms with Crippen LogP contribution < -0.4 is 10.6 Å². The van der Waals surface area contributed by atoms with E-state index in [4.69, 9.17) is 16.3 Å². The zero-order valence-electron chi connectivity index (χ0n) is 16.0. The molecular formula is C21H20ClN3O5. The van der Waals surface area contributed by atoms with Crippen LogP contribution in [0.25, 0.3) is 0 Å². The van der Waals surface area contributed by atoms with Crippen LogP contribution in [-0.2, 0) is 27.3 Å². The molecule has 2 aromatic rings. The predicted octanol–water partition coefficient (Wildman–Crippen LogP) is 1.91. The monoisotopic (exact) mass is 429 g/mol. The van der Waals surface area contributed by atoms with E-state index in [-0.39, 0.29) is 24.6 Å². The lowest BCUT2D eigenvalue weighted by molar-refractivity contribution is -0.125. The number of carbonyl (C=O) groups is 4. The summed E-state index contributed by atoms with van der Waals surface area (Å²) < 4.78 is 5.02. The number of esters is 1. The number of carbonyl (C=O) groups excluding carboxylic acids is 4. The van der Waals surface area contributed by atoms with Crippen LogP contribution in [0.4, 0.5) is 4.79 Å². The summed E-state index contributed by atoms with van der Waals surface area (Å²) in [5.74, 6) is -1.34. The van der Waals surface area contributed by atoms with Crippen LogP contribution in [0.5, 0.6) is 0 Å². The predicted molar refractivity (Wildman–Crippen MR) is 109 cm³/mol. The third-order valence-electron chi connectivity index (χ3n) is 4.43. The zero-order chi connectivity index (χ0) is 21.5. The zero-order valence-corrected chi connectivity index (χ0v) is 16.8. The van der Waals surface area contributed by atoms with Gasteiger partial charge in [0.2, 0.25) is 5.91 Å². The molecule has 1 aliphatic heterocycles. The van der Waals surface area contributed by atoms with Crippen molar-refractivity contribution < 1.29 is 23.9 Å². The number of nitrogens with zero attached hydrogens (tertiary/aromatic N) is 1. The maximum Gasteiger partial charge on any atom is 0.338 e. The van der Waals surface area contributed by atoms with Gasteiger partial charge in [-0.2, -0.15) is 0 Å². The van der Waals surface area contributed by atoms with Crippen molar-refractivity contribution in [1.82, 2.24) is 15.5 Å². The molecule has 0 atom stereocenters. The van der Waals surface area contributed by atoms with Crippen LogP contribution in [0.2, 0.25) is 5.02 Å². The Labute approximate surface area is 178 Å². The van der Waals surface area contributed by atoms with E-state index < -0.39 is 24.5 Å². The molecule has 8 nitrogen and oxygen atoms in total. The lowest BCUT2D eigenvalue weighted by atomic mass is 10.1. The fourth-order valence-corrected chi connectivity index (χ4v) is 3.06. The van der Waals surface area contributed by atoms with Gasteiger partial charge in [0.05, 0.1) is 18.7 Å². The highest BCUT2D eigenvalue weighted by atomic mass is 35.5. The minimum absolute atomic E-state index is 0.00952. The van der Waals surface area contributed by atoms with Crippen molar-refractivity contribution in [3.05, 3.63) is 70.2 Å². The molecule has 2 aromatic carbocycles. The molecule has 2 N–H and O–H groups in total. The van der Waals surface area contributed by atoms with Gasteiger partial charge in [-0.1, -0.05) is 35.9 Å². The van der Waals surface area contributed by atoms with Crippen LogP contribution in [0.15, 0.2) is 48.5 Å². The molecule has 1 aliphatic rings. The summed E-state index contributed by atoms with van der Waals surface area (Å²) in [5, 5.41) is 5.76. The van der Waals surface area contributed by atoms with Gasteiger partial charge in [0, 0.05) is 11.6 Å². The van der Waals surface area contributed by atoms with Crippen molar-refractivity contribution in [3.63, 3.8) is 0 Å². The van der Waals surface area contributed by atoms with Gasteiger partial charge in [0.15, 0.2) is 6.61 Å². The molecule has 0 spiro atoms. The molecule has 0 saturated carbocycles. The lowest BCUT2D eigenvalue weighted by Gasteiger charge is -2.12. The van der Waals surface area contributed by atoms with Crippen molar-refractivity contribution >= 4 is 35.4 Å². The average molecular weight is 430 g/mol. The summed E-state index contributed by atoms with van der Waals surface area (Å²) in [6.45, 7) is 0.117. The lowest BCUT2D eigenvalue weighted by Crippen LogP contribution is -2.30. The topological polar surface area (TPSA) is 105 Å². The van der Waals surface area contributed by atoms with Crippen molar-refractivity contribution in [3.8, 4) is 0 Å². The molecule has 156 valence electrons. The Morgan fingerprint density at radius 1 is 1.10 bits per heavy atom. The summed E-state index contributed by atoms with van der Waals surface area (Å²) in [4.78, 5) is 48.2. The number of imide groups is 1. The van der Waals surface area contributed by atoms with Crippen molar-refractivity contribution in [1.29, 1.82) is 0 Å². The fourth-order valence-electron chi connectivity index (χ4n) is 2.85. The summed E-state index contributed by atoms with van der Waals surface area (Å²) in [7, 11) is 0. The van der Waals surface area contributed by atoms with E-state index in [1.54, 1.807) is 18.2 Å². The number of benzene rings is 2. The van der Waals surface area contributed by atoms with Gasteiger partial charge < -0.3 is 15.4 Å². The Morgan fingerprint density at radius 3 is 2.53 bits per heavy atom. The van der Waals surface area contributed by atoms with E-state index in [1.165, 1.54) is 12.1 Å². The smallest absolute Gasteiger partial charge is 0.338 e. The summed E-state index contributed by atoms with van der Waals surface area (Å²) in [6, 6.07) is 13.2. The molecule has 9 heteroatoms. The molecular weight excluding hydrogens is 410 g/mol. The molecule has 0 aromatic heterocycles. The number of hydrogen-bond donors (Lipinski definition) is 2. The number of hydrogen-bond acceptors (Lipinski definition) is 5. The molecule has 3 rings (SSSR count). The van der Waals surface area contributed by atoms with Crippen LogP contribution in [0, 0.1) is 0 Å². The first kappa shape index (κ1) is 21.3. The number of ether oxygens (including phenoxy) is 1. The first-order chi connectivity index (χ1) is 14.4. The van der Waals surface area contributed by atoms with Gasteiger partial charge in [0.1, 0.15) is 0 Å². The quantitative estimate of drug-likeness (QED) is 0.492. The molecule has 1 saturated heterocycles. The second-order valence-corrected chi connectivity index (χ2v) is 7.08.